The van der Waals surface area contributed by atoms with Gasteiger partial charge in [-0.25, -0.2) is 4.98 Å². The minimum Gasteiger partial charge on any atom is -0.481 e. The number of carboxylic acids is 1. The Kier molecular flexibility index (Phi) is 3.23. The molecule has 108 valence electrons. The van der Waals surface area contributed by atoms with Crippen LogP contribution in [-0.4, -0.2) is 26.6 Å². The standard InChI is InChI=1S/C14H19N3O3/c18-11-7-10(15-13(16-11)9-3-4-9)17-14(8-12(19)20)5-1-2-6-14/h7,9H,1-6,8H2,(H,19,20)(H2,15,16,17,18). The normalized spacial score (nSPS) is 20.8. The minimum absolute atomic E-state index is 0.0697. The number of hydrogen-bond acceptors (Lipinski definition) is 4. The van der Waals surface area contributed by atoms with E-state index in [1.165, 1.54) is 6.07 Å². The van der Waals surface area contributed by atoms with Crippen LogP contribution < -0.4 is 10.9 Å². The third-order valence-corrected chi connectivity index (χ3v) is 4.17. The highest BCUT2D eigenvalue weighted by Gasteiger charge is 2.36. The van der Waals surface area contributed by atoms with E-state index in [-0.39, 0.29) is 12.0 Å². The number of carbonyl (C=O) groups is 1. The molecule has 6 nitrogen and oxygen atoms in total. The van der Waals surface area contributed by atoms with E-state index >= 15 is 0 Å². The van der Waals surface area contributed by atoms with Crippen LogP contribution in [0.5, 0.6) is 0 Å². The first kappa shape index (κ1) is 13.1. The van der Waals surface area contributed by atoms with Crippen molar-refractivity contribution in [2.45, 2.75) is 56.4 Å². The number of nitrogens with one attached hydrogen (secondary N) is 2. The highest BCUT2D eigenvalue weighted by Crippen LogP contribution is 2.39. The lowest BCUT2D eigenvalue weighted by molar-refractivity contribution is -0.138. The van der Waals surface area contributed by atoms with Crippen molar-refractivity contribution in [3.05, 3.63) is 22.2 Å². The maximum absolute atomic E-state index is 11.7. The van der Waals surface area contributed by atoms with Crippen LogP contribution in [-0.2, 0) is 4.79 Å². The number of hydrogen-bond donors (Lipinski definition) is 3. The fraction of sp³-hybridized carbons (Fsp3) is 0.643. The van der Waals surface area contributed by atoms with E-state index in [4.69, 9.17) is 5.11 Å². The average molecular weight is 277 g/mol. The molecule has 2 saturated carbocycles. The summed E-state index contributed by atoms with van der Waals surface area (Å²) < 4.78 is 0. The topological polar surface area (TPSA) is 95.1 Å². The van der Waals surface area contributed by atoms with Crippen molar-refractivity contribution in [3.63, 3.8) is 0 Å². The Bertz CT molecular complexity index is 571. The maximum Gasteiger partial charge on any atom is 0.305 e. The second kappa shape index (κ2) is 4.92. The average Bonchev–Trinajstić information content (AvgIpc) is 3.11. The molecule has 2 fully saturated rings. The zero-order chi connectivity index (χ0) is 14.2. The van der Waals surface area contributed by atoms with Crippen molar-refractivity contribution in [2.24, 2.45) is 0 Å². The summed E-state index contributed by atoms with van der Waals surface area (Å²) in [6.07, 6.45) is 5.84. The molecule has 1 aromatic rings. The van der Waals surface area contributed by atoms with Crippen LogP contribution in [0.25, 0.3) is 0 Å². The fourth-order valence-electron chi connectivity index (χ4n) is 3.05. The van der Waals surface area contributed by atoms with Crippen LogP contribution in [0.15, 0.2) is 10.9 Å². The molecule has 2 aliphatic rings. The van der Waals surface area contributed by atoms with E-state index in [0.717, 1.165) is 44.3 Å². The Hall–Kier alpha value is -1.85. The number of carboxylic acid groups (broad SMARTS) is 1. The predicted octanol–water partition coefficient (Wildman–Crippen LogP) is 1.85. The largest absolute Gasteiger partial charge is 0.481 e. The molecule has 0 atom stereocenters. The van der Waals surface area contributed by atoms with Crippen LogP contribution in [0.2, 0.25) is 0 Å². The Morgan fingerprint density at radius 2 is 2.15 bits per heavy atom. The summed E-state index contributed by atoms with van der Waals surface area (Å²) in [5, 5.41) is 12.3. The number of anilines is 1. The summed E-state index contributed by atoms with van der Waals surface area (Å²) in [5.74, 6) is 0.789. The molecule has 0 bridgehead atoms. The van der Waals surface area contributed by atoms with Gasteiger partial charge in [-0.1, -0.05) is 12.8 Å². The molecular formula is C14H19N3O3. The van der Waals surface area contributed by atoms with Gasteiger partial charge in [0.15, 0.2) is 0 Å². The number of aromatic nitrogens is 2. The van der Waals surface area contributed by atoms with Gasteiger partial charge in [0.1, 0.15) is 11.6 Å². The molecule has 3 rings (SSSR count). The van der Waals surface area contributed by atoms with Gasteiger partial charge in [0.25, 0.3) is 5.56 Å². The molecule has 3 N–H and O–H groups in total. The summed E-state index contributed by atoms with van der Waals surface area (Å²) >= 11 is 0. The highest BCUT2D eigenvalue weighted by molar-refractivity contribution is 5.69. The number of H-pyrrole nitrogens is 1. The lowest BCUT2D eigenvalue weighted by Crippen LogP contribution is -2.38. The number of aromatic amines is 1. The van der Waals surface area contributed by atoms with Crippen molar-refractivity contribution in [1.29, 1.82) is 0 Å². The van der Waals surface area contributed by atoms with Crippen LogP contribution >= 0.6 is 0 Å². The Balaban J connectivity index is 1.84. The predicted molar refractivity (Wildman–Crippen MR) is 73.9 cm³/mol. The van der Waals surface area contributed by atoms with E-state index in [2.05, 4.69) is 15.3 Å². The quantitative estimate of drug-likeness (QED) is 0.763. The molecule has 0 saturated heterocycles. The van der Waals surface area contributed by atoms with E-state index < -0.39 is 11.5 Å². The lowest BCUT2D eigenvalue weighted by Gasteiger charge is -2.29. The lowest BCUT2D eigenvalue weighted by atomic mass is 9.93. The molecule has 1 heterocycles. The molecule has 0 aliphatic heterocycles. The molecule has 0 radical (unpaired) electrons. The molecular weight excluding hydrogens is 258 g/mol. The van der Waals surface area contributed by atoms with Crippen molar-refractivity contribution in [1.82, 2.24) is 9.97 Å². The van der Waals surface area contributed by atoms with E-state index in [1.807, 2.05) is 0 Å². The van der Waals surface area contributed by atoms with Gasteiger partial charge in [-0.15, -0.1) is 0 Å². The first-order valence-corrected chi connectivity index (χ1v) is 7.18. The van der Waals surface area contributed by atoms with Crippen molar-refractivity contribution < 1.29 is 9.90 Å². The van der Waals surface area contributed by atoms with Crippen molar-refractivity contribution in [3.8, 4) is 0 Å². The Morgan fingerprint density at radius 1 is 1.45 bits per heavy atom. The zero-order valence-corrected chi connectivity index (χ0v) is 11.3. The van der Waals surface area contributed by atoms with Gasteiger partial charge in [0.2, 0.25) is 0 Å². The molecule has 1 aromatic heterocycles. The van der Waals surface area contributed by atoms with Gasteiger partial charge in [-0.2, -0.15) is 0 Å². The molecule has 0 amide bonds. The van der Waals surface area contributed by atoms with E-state index in [1.54, 1.807) is 0 Å². The first-order chi connectivity index (χ1) is 9.56. The van der Waals surface area contributed by atoms with Crippen LogP contribution in [0.3, 0.4) is 0 Å². The van der Waals surface area contributed by atoms with Crippen LogP contribution in [0.1, 0.15) is 56.7 Å². The highest BCUT2D eigenvalue weighted by atomic mass is 16.4. The molecule has 20 heavy (non-hydrogen) atoms. The zero-order valence-electron chi connectivity index (χ0n) is 11.3. The number of nitrogens with zero attached hydrogens (tertiary/aromatic N) is 1. The molecule has 0 spiro atoms. The van der Waals surface area contributed by atoms with Crippen LogP contribution in [0, 0.1) is 0 Å². The third kappa shape index (κ3) is 2.84. The van der Waals surface area contributed by atoms with Gasteiger partial charge in [-0.3, -0.25) is 9.59 Å². The smallest absolute Gasteiger partial charge is 0.305 e. The SMILES string of the molecule is O=C(O)CC1(Nc2cc(=O)[nH]c(C3CC3)n2)CCCC1. The molecule has 6 heteroatoms. The number of aliphatic carboxylic acids is 1. The van der Waals surface area contributed by atoms with Gasteiger partial charge in [0, 0.05) is 17.5 Å². The first-order valence-electron chi connectivity index (χ1n) is 7.18. The van der Waals surface area contributed by atoms with Gasteiger partial charge < -0.3 is 15.4 Å². The second-order valence-corrected chi connectivity index (χ2v) is 5.97. The van der Waals surface area contributed by atoms with Crippen molar-refractivity contribution in [2.75, 3.05) is 5.32 Å². The summed E-state index contributed by atoms with van der Waals surface area (Å²) in [4.78, 5) is 30.0. The summed E-state index contributed by atoms with van der Waals surface area (Å²) in [6, 6.07) is 1.42. The van der Waals surface area contributed by atoms with Crippen molar-refractivity contribution >= 4 is 11.8 Å². The fourth-order valence-corrected chi connectivity index (χ4v) is 3.05. The third-order valence-electron chi connectivity index (χ3n) is 4.17. The summed E-state index contributed by atoms with van der Waals surface area (Å²) in [7, 11) is 0. The maximum atomic E-state index is 11.7. The van der Waals surface area contributed by atoms with E-state index in [9.17, 15) is 9.59 Å². The minimum atomic E-state index is -0.813. The molecule has 0 unspecified atom stereocenters. The molecule has 2 aliphatic carbocycles. The number of rotatable bonds is 5. The summed E-state index contributed by atoms with van der Waals surface area (Å²) in [5.41, 5.74) is -0.624. The monoisotopic (exact) mass is 277 g/mol. The Morgan fingerprint density at radius 3 is 2.75 bits per heavy atom. The molecule has 0 aromatic carbocycles. The second-order valence-electron chi connectivity index (χ2n) is 5.97. The van der Waals surface area contributed by atoms with Gasteiger partial charge >= 0.3 is 5.97 Å². The Labute approximate surface area is 116 Å². The van der Waals surface area contributed by atoms with Gasteiger partial charge in [-0.05, 0) is 25.7 Å². The van der Waals surface area contributed by atoms with Gasteiger partial charge in [0.05, 0.1) is 6.42 Å². The van der Waals surface area contributed by atoms with E-state index in [0.29, 0.717) is 11.7 Å². The summed E-state index contributed by atoms with van der Waals surface area (Å²) in [6.45, 7) is 0. The van der Waals surface area contributed by atoms with Crippen LogP contribution in [0.4, 0.5) is 5.82 Å².